The minimum atomic E-state index is -2.82. The summed E-state index contributed by atoms with van der Waals surface area (Å²) in [5.74, 6) is -0.786. The average molecular weight is 465 g/mol. The van der Waals surface area contributed by atoms with Crippen LogP contribution in [0.2, 0.25) is 0 Å². The third kappa shape index (κ3) is 3.10. The van der Waals surface area contributed by atoms with Gasteiger partial charge in [0.25, 0.3) is 12.3 Å². The lowest BCUT2D eigenvalue weighted by atomic mass is 9.97. The highest BCUT2D eigenvalue weighted by Gasteiger charge is 2.41. The maximum Gasteiger partial charge on any atom is 0.312 e. The number of carbonyl (C=O) groups is 1. The summed E-state index contributed by atoms with van der Waals surface area (Å²) in [7, 11) is 1.74. The van der Waals surface area contributed by atoms with Crippen molar-refractivity contribution >= 4 is 16.9 Å². The number of halogens is 2. The molecule has 1 N–H and O–H groups in total. The van der Waals surface area contributed by atoms with Crippen LogP contribution in [-0.2, 0) is 13.5 Å². The molecule has 0 saturated carbocycles. The molecule has 0 unspecified atom stereocenters. The maximum absolute atomic E-state index is 14.3. The minimum absolute atomic E-state index is 0.0374. The van der Waals surface area contributed by atoms with Crippen molar-refractivity contribution in [1.82, 2.24) is 34.8 Å². The number of fused-ring (bicyclic) bond motifs is 2. The van der Waals surface area contributed by atoms with Gasteiger partial charge < -0.3 is 18.7 Å². The zero-order chi connectivity index (χ0) is 23.4. The number of aromatic nitrogens is 6. The molecule has 34 heavy (non-hydrogen) atoms. The number of amides is 1. The Hall–Kier alpha value is -4.35. The molecule has 12 heteroatoms. The lowest BCUT2D eigenvalue weighted by Crippen LogP contribution is -2.41. The average Bonchev–Trinajstić information content (AvgIpc) is 3.62. The van der Waals surface area contributed by atoms with Gasteiger partial charge in [0.05, 0.1) is 29.3 Å². The SMILES string of the molecule is Cn1cc(-c2nnc(C(=O)N3CCc4[nH]cnc4[C@H]3c3oc4ccccc4c3C(F)F)o2)cn1. The Balaban J connectivity index is 1.46. The fraction of sp³-hybridized carbons (Fsp3) is 0.227. The lowest BCUT2D eigenvalue weighted by molar-refractivity contribution is 0.0623. The molecule has 5 aromatic rings. The standard InChI is InChI=1S/C22H17F2N7O3/c1-30-9-11(8-27-30)20-28-29-21(34-20)22(32)31-7-6-13-16(26-10-25-13)17(31)18-15(19(23)24)12-4-2-3-5-14(12)33-18/h2-5,8-10,17,19H,6-7H2,1H3,(H,25,26)/t17-/m0/s1. The molecular weight excluding hydrogens is 448 g/mol. The third-order valence-corrected chi connectivity index (χ3v) is 5.87. The van der Waals surface area contributed by atoms with Gasteiger partial charge >= 0.3 is 11.8 Å². The molecule has 5 heterocycles. The third-order valence-electron chi connectivity index (χ3n) is 5.87. The van der Waals surface area contributed by atoms with Crippen LogP contribution >= 0.6 is 0 Å². The van der Waals surface area contributed by atoms with Crippen molar-refractivity contribution in [2.45, 2.75) is 18.9 Å². The number of benzene rings is 1. The summed E-state index contributed by atoms with van der Waals surface area (Å²) in [6, 6.07) is 5.56. The number of para-hydroxylation sites is 1. The van der Waals surface area contributed by atoms with Crippen LogP contribution in [0.1, 0.15) is 45.9 Å². The zero-order valence-electron chi connectivity index (χ0n) is 17.8. The molecule has 0 bridgehead atoms. The van der Waals surface area contributed by atoms with Gasteiger partial charge in [-0.1, -0.05) is 18.2 Å². The Labute approximate surface area is 190 Å². The molecule has 0 fully saturated rings. The largest absolute Gasteiger partial charge is 0.458 e. The van der Waals surface area contributed by atoms with E-state index in [2.05, 4.69) is 25.3 Å². The zero-order valence-corrected chi connectivity index (χ0v) is 17.8. The molecule has 1 aliphatic heterocycles. The molecule has 1 amide bonds. The molecule has 6 rings (SSSR count). The second kappa shape index (κ2) is 7.61. The number of furan rings is 1. The van der Waals surface area contributed by atoms with E-state index in [1.165, 1.54) is 17.4 Å². The van der Waals surface area contributed by atoms with Crippen molar-refractivity contribution in [2.75, 3.05) is 6.54 Å². The van der Waals surface area contributed by atoms with Gasteiger partial charge in [-0.3, -0.25) is 9.48 Å². The van der Waals surface area contributed by atoms with Crippen LogP contribution in [0, 0.1) is 0 Å². The van der Waals surface area contributed by atoms with Crippen molar-refractivity contribution in [2.24, 2.45) is 7.05 Å². The summed E-state index contributed by atoms with van der Waals surface area (Å²) < 4.78 is 41.6. The normalized spacial score (nSPS) is 15.9. The number of hydrogen-bond acceptors (Lipinski definition) is 7. The van der Waals surface area contributed by atoms with Crippen LogP contribution < -0.4 is 0 Å². The van der Waals surface area contributed by atoms with E-state index >= 15 is 0 Å². The molecule has 4 aromatic heterocycles. The first-order chi connectivity index (χ1) is 16.5. The van der Waals surface area contributed by atoms with E-state index in [1.54, 1.807) is 42.2 Å². The topological polar surface area (TPSA) is 119 Å². The highest BCUT2D eigenvalue weighted by atomic mass is 19.3. The van der Waals surface area contributed by atoms with E-state index in [0.717, 1.165) is 5.69 Å². The van der Waals surface area contributed by atoms with Gasteiger partial charge in [-0.05, 0) is 6.07 Å². The summed E-state index contributed by atoms with van der Waals surface area (Å²) in [6.45, 7) is 0.211. The molecule has 0 radical (unpaired) electrons. The van der Waals surface area contributed by atoms with Gasteiger partial charge in [0.1, 0.15) is 17.4 Å². The Morgan fingerprint density at radius 1 is 1.24 bits per heavy atom. The second-order valence-corrected chi connectivity index (χ2v) is 7.91. The molecule has 1 aromatic carbocycles. The number of aryl methyl sites for hydroxylation is 1. The van der Waals surface area contributed by atoms with Gasteiger partial charge in [0.2, 0.25) is 0 Å². The minimum Gasteiger partial charge on any atom is -0.458 e. The van der Waals surface area contributed by atoms with Gasteiger partial charge in [-0.2, -0.15) is 5.10 Å². The number of carbonyl (C=O) groups excluding carboxylic acids is 1. The Morgan fingerprint density at radius 3 is 2.88 bits per heavy atom. The highest BCUT2D eigenvalue weighted by Crippen LogP contribution is 2.43. The number of nitrogens with zero attached hydrogens (tertiary/aromatic N) is 6. The van der Waals surface area contributed by atoms with Crippen molar-refractivity contribution < 1.29 is 22.4 Å². The first kappa shape index (κ1) is 20.3. The van der Waals surface area contributed by atoms with Crippen molar-refractivity contribution in [3.05, 3.63) is 71.6 Å². The van der Waals surface area contributed by atoms with E-state index in [4.69, 9.17) is 8.83 Å². The van der Waals surface area contributed by atoms with Crippen LogP contribution in [0.25, 0.3) is 22.4 Å². The lowest BCUT2D eigenvalue weighted by Gasteiger charge is -2.33. The fourth-order valence-corrected chi connectivity index (χ4v) is 4.35. The first-order valence-electron chi connectivity index (χ1n) is 10.5. The number of aromatic amines is 1. The van der Waals surface area contributed by atoms with Crippen molar-refractivity contribution in [3.63, 3.8) is 0 Å². The maximum atomic E-state index is 14.3. The van der Waals surface area contributed by atoms with Crippen LogP contribution in [0.3, 0.4) is 0 Å². The Bertz CT molecular complexity index is 1520. The summed E-state index contributed by atoms with van der Waals surface area (Å²) >= 11 is 0. The summed E-state index contributed by atoms with van der Waals surface area (Å²) in [4.78, 5) is 22.2. The smallest absolute Gasteiger partial charge is 0.312 e. The molecule has 10 nitrogen and oxygen atoms in total. The Morgan fingerprint density at radius 2 is 2.09 bits per heavy atom. The van der Waals surface area contributed by atoms with Crippen LogP contribution in [0.4, 0.5) is 8.78 Å². The van der Waals surface area contributed by atoms with E-state index in [9.17, 15) is 13.6 Å². The van der Waals surface area contributed by atoms with Gasteiger partial charge in [-0.15, -0.1) is 10.2 Å². The van der Waals surface area contributed by atoms with E-state index in [-0.39, 0.29) is 29.6 Å². The summed E-state index contributed by atoms with van der Waals surface area (Å²) in [5.41, 5.74) is 1.77. The first-order valence-corrected chi connectivity index (χ1v) is 10.5. The number of H-pyrrole nitrogens is 1. The predicted molar refractivity (Wildman–Crippen MR) is 113 cm³/mol. The number of imidazole rings is 1. The molecule has 0 saturated heterocycles. The van der Waals surface area contributed by atoms with Crippen LogP contribution in [0.15, 0.2) is 51.8 Å². The number of hydrogen-bond donors (Lipinski definition) is 1. The Kier molecular flexibility index (Phi) is 4.54. The molecular formula is C22H17F2N7O3. The number of nitrogens with one attached hydrogen (secondary N) is 1. The molecule has 0 aliphatic carbocycles. The van der Waals surface area contributed by atoms with Crippen LogP contribution in [0.5, 0.6) is 0 Å². The highest BCUT2D eigenvalue weighted by molar-refractivity contribution is 5.91. The molecule has 1 aliphatic rings. The quantitative estimate of drug-likeness (QED) is 0.430. The monoisotopic (exact) mass is 465 g/mol. The van der Waals surface area contributed by atoms with E-state index in [1.807, 2.05) is 0 Å². The van der Waals surface area contributed by atoms with Gasteiger partial charge in [0.15, 0.2) is 0 Å². The van der Waals surface area contributed by atoms with Gasteiger partial charge in [-0.25, -0.2) is 13.8 Å². The summed E-state index contributed by atoms with van der Waals surface area (Å²) in [6.07, 6.45) is 2.31. The van der Waals surface area contributed by atoms with E-state index in [0.29, 0.717) is 28.6 Å². The van der Waals surface area contributed by atoms with Crippen molar-refractivity contribution in [3.8, 4) is 11.5 Å². The van der Waals surface area contributed by atoms with Crippen LogP contribution in [-0.4, -0.2) is 47.3 Å². The predicted octanol–water partition coefficient (Wildman–Crippen LogP) is 3.66. The molecule has 0 spiro atoms. The molecule has 172 valence electrons. The number of rotatable bonds is 4. The van der Waals surface area contributed by atoms with Gasteiger partial charge in [0, 0.05) is 37.3 Å². The number of alkyl halides is 2. The summed E-state index contributed by atoms with van der Waals surface area (Å²) in [5, 5.41) is 12.2. The fourth-order valence-electron chi connectivity index (χ4n) is 4.35. The molecule has 1 atom stereocenters. The second-order valence-electron chi connectivity index (χ2n) is 7.91. The van der Waals surface area contributed by atoms with E-state index < -0.39 is 18.4 Å². The van der Waals surface area contributed by atoms with Crippen molar-refractivity contribution in [1.29, 1.82) is 0 Å².